The highest BCUT2D eigenvalue weighted by Crippen LogP contribution is 1.84. The van der Waals surface area contributed by atoms with E-state index in [-0.39, 0.29) is 5.78 Å². The summed E-state index contributed by atoms with van der Waals surface area (Å²) < 4.78 is 0. The minimum atomic E-state index is 0.289. The first-order valence-corrected chi connectivity index (χ1v) is 3.97. The maximum Gasteiger partial charge on any atom is 0.129 e. The second kappa shape index (κ2) is 12.3. The van der Waals surface area contributed by atoms with Crippen LogP contribution in [0.25, 0.3) is 0 Å². The van der Waals surface area contributed by atoms with Gasteiger partial charge in [0.2, 0.25) is 0 Å². The minimum Gasteiger partial charge on any atom is -0.308 e. The first-order chi connectivity index (χ1) is 5.18. The van der Waals surface area contributed by atoms with Gasteiger partial charge in [-0.05, 0) is 27.4 Å². The first-order valence-electron chi connectivity index (χ1n) is 3.97. The number of hydrogen-bond acceptors (Lipinski definition) is 3. The molecule has 0 fully saturated rings. The van der Waals surface area contributed by atoms with Gasteiger partial charge in [0.1, 0.15) is 5.78 Å². The van der Waals surface area contributed by atoms with Crippen LogP contribution in [-0.4, -0.2) is 26.5 Å². The highest BCUT2D eigenvalue weighted by Gasteiger charge is 1.83. The van der Waals surface area contributed by atoms with Crippen molar-refractivity contribution in [1.29, 1.82) is 0 Å². The van der Waals surface area contributed by atoms with Gasteiger partial charge in [-0.15, -0.1) is 0 Å². The molecule has 0 saturated carbocycles. The van der Waals surface area contributed by atoms with E-state index in [2.05, 4.69) is 10.6 Å². The van der Waals surface area contributed by atoms with Gasteiger partial charge < -0.3 is 15.4 Å². The molecule has 0 amide bonds. The SMILES string of the molecule is CCCC(C)=O.CNCNC. The van der Waals surface area contributed by atoms with Crippen molar-refractivity contribution in [2.45, 2.75) is 26.7 Å². The van der Waals surface area contributed by atoms with Crippen molar-refractivity contribution in [2.24, 2.45) is 0 Å². The topological polar surface area (TPSA) is 41.1 Å². The zero-order valence-corrected chi connectivity index (χ0v) is 8.03. The highest BCUT2D eigenvalue weighted by molar-refractivity contribution is 5.75. The summed E-state index contributed by atoms with van der Waals surface area (Å²) >= 11 is 0. The fourth-order valence-electron chi connectivity index (χ4n) is 0.529. The van der Waals surface area contributed by atoms with Crippen LogP contribution in [0.15, 0.2) is 0 Å². The molecular formula is C8H20N2O. The largest absolute Gasteiger partial charge is 0.308 e. The number of rotatable bonds is 4. The Morgan fingerprint density at radius 3 is 1.73 bits per heavy atom. The van der Waals surface area contributed by atoms with E-state index in [0.717, 1.165) is 19.5 Å². The lowest BCUT2D eigenvalue weighted by Gasteiger charge is -1.88. The molecule has 0 spiro atoms. The molecule has 0 aliphatic carbocycles. The molecule has 11 heavy (non-hydrogen) atoms. The van der Waals surface area contributed by atoms with Crippen molar-refractivity contribution < 1.29 is 4.79 Å². The van der Waals surface area contributed by atoms with Crippen LogP contribution in [-0.2, 0) is 4.79 Å². The van der Waals surface area contributed by atoms with Crippen LogP contribution in [0.5, 0.6) is 0 Å². The number of ketones is 1. The molecule has 3 nitrogen and oxygen atoms in total. The highest BCUT2D eigenvalue weighted by atomic mass is 16.1. The van der Waals surface area contributed by atoms with Crippen molar-refractivity contribution >= 4 is 5.78 Å². The van der Waals surface area contributed by atoms with Gasteiger partial charge in [0.15, 0.2) is 0 Å². The van der Waals surface area contributed by atoms with E-state index in [1.165, 1.54) is 0 Å². The quantitative estimate of drug-likeness (QED) is 0.596. The Balaban J connectivity index is 0. The molecule has 68 valence electrons. The van der Waals surface area contributed by atoms with Crippen molar-refractivity contribution in [1.82, 2.24) is 10.6 Å². The number of Topliss-reactive ketones (excluding diaryl/α,β-unsaturated/α-hetero) is 1. The Morgan fingerprint density at radius 1 is 1.27 bits per heavy atom. The fraction of sp³-hybridized carbons (Fsp3) is 0.875. The van der Waals surface area contributed by atoms with Crippen molar-refractivity contribution in [3.8, 4) is 0 Å². The lowest BCUT2D eigenvalue weighted by atomic mass is 10.3. The van der Waals surface area contributed by atoms with E-state index in [9.17, 15) is 4.79 Å². The van der Waals surface area contributed by atoms with Gasteiger partial charge in [0.25, 0.3) is 0 Å². The Kier molecular flexibility index (Phi) is 14.7. The summed E-state index contributed by atoms with van der Waals surface area (Å²) in [5.74, 6) is 0.289. The van der Waals surface area contributed by atoms with E-state index in [0.29, 0.717) is 0 Å². The Hall–Kier alpha value is -0.410. The third-order valence-electron chi connectivity index (χ3n) is 0.956. The molecule has 0 rings (SSSR count). The van der Waals surface area contributed by atoms with Gasteiger partial charge in [-0.25, -0.2) is 0 Å². The average molecular weight is 160 g/mol. The van der Waals surface area contributed by atoms with E-state index >= 15 is 0 Å². The molecule has 0 bridgehead atoms. The smallest absolute Gasteiger partial charge is 0.129 e. The number of carbonyl (C=O) groups excluding carboxylic acids is 1. The average Bonchev–Trinajstić information content (AvgIpc) is 1.90. The molecule has 0 heterocycles. The third-order valence-corrected chi connectivity index (χ3v) is 0.956. The summed E-state index contributed by atoms with van der Waals surface area (Å²) in [6.07, 6.45) is 1.72. The molecule has 0 saturated heterocycles. The minimum absolute atomic E-state index is 0.289. The summed E-state index contributed by atoms with van der Waals surface area (Å²) in [7, 11) is 3.80. The van der Waals surface area contributed by atoms with Gasteiger partial charge in [-0.2, -0.15) is 0 Å². The zero-order valence-electron chi connectivity index (χ0n) is 8.03. The van der Waals surface area contributed by atoms with Crippen LogP contribution in [0.4, 0.5) is 0 Å². The van der Waals surface area contributed by atoms with Crippen LogP contribution in [0.3, 0.4) is 0 Å². The second-order valence-corrected chi connectivity index (χ2v) is 2.34. The normalized spacial score (nSPS) is 8.36. The lowest BCUT2D eigenvalue weighted by Crippen LogP contribution is -2.21. The molecule has 0 unspecified atom stereocenters. The number of hydrogen-bond donors (Lipinski definition) is 2. The molecule has 0 aliphatic rings. The molecule has 0 radical (unpaired) electrons. The van der Waals surface area contributed by atoms with E-state index in [4.69, 9.17) is 0 Å². The third kappa shape index (κ3) is 26.2. The van der Waals surface area contributed by atoms with Gasteiger partial charge in [-0.3, -0.25) is 0 Å². The number of carbonyl (C=O) groups is 1. The predicted molar refractivity (Wildman–Crippen MR) is 48.6 cm³/mol. The standard InChI is InChI=1S/C5H10O.C3H10N2/c1-3-4-5(2)6;1-4-3-5-2/h3-4H2,1-2H3;4-5H,3H2,1-2H3. The van der Waals surface area contributed by atoms with Crippen molar-refractivity contribution in [3.05, 3.63) is 0 Å². The van der Waals surface area contributed by atoms with Gasteiger partial charge in [0.05, 0.1) is 0 Å². The van der Waals surface area contributed by atoms with E-state index in [1.54, 1.807) is 6.92 Å². The molecular weight excluding hydrogens is 140 g/mol. The van der Waals surface area contributed by atoms with E-state index < -0.39 is 0 Å². The summed E-state index contributed by atoms with van der Waals surface area (Å²) in [5, 5.41) is 5.81. The Morgan fingerprint density at radius 2 is 1.73 bits per heavy atom. The molecule has 3 heteroatoms. The van der Waals surface area contributed by atoms with Crippen LogP contribution >= 0.6 is 0 Å². The predicted octanol–water partition coefficient (Wildman–Crippen LogP) is 0.758. The van der Waals surface area contributed by atoms with Crippen molar-refractivity contribution in [3.63, 3.8) is 0 Å². The Labute approximate surface area is 69.6 Å². The molecule has 0 aliphatic heterocycles. The summed E-state index contributed by atoms with van der Waals surface area (Å²) in [6.45, 7) is 4.50. The first kappa shape index (κ1) is 13.2. The van der Waals surface area contributed by atoms with Crippen LogP contribution in [0.2, 0.25) is 0 Å². The van der Waals surface area contributed by atoms with Crippen LogP contribution < -0.4 is 10.6 Å². The molecule has 0 aromatic heterocycles. The molecule has 0 aromatic carbocycles. The van der Waals surface area contributed by atoms with Gasteiger partial charge >= 0.3 is 0 Å². The van der Waals surface area contributed by atoms with Crippen molar-refractivity contribution in [2.75, 3.05) is 20.8 Å². The number of nitrogens with one attached hydrogen (secondary N) is 2. The maximum absolute atomic E-state index is 10.0. The van der Waals surface area contributed by atoms with Crippen LogP contribution in [0, 0.1) is 0 Å². The monoisotopic (exact) mass is 160 g/mol. The maximum atomic E-state index is 10.0. The van der Waals surface area contributed by atoms with Crippen LogP contribution in [0.1, 0.15) is 26.7 Å². The fourth-order valence-corrected chi connectivity index (χ4v) is 0.529. The molecule has 0 aromatic rings. The summed E-state index contributed by atoms with van der Waals surface area (Å²) in [4.78, 5) is 10.0. The molecule has 2 N–H and O–H groups in total. The lowest BCUT2D eigenvalue weighted by molar-refractivity contribution is -0.117. The van der Waals surface area contributed by atoms with Gasteiger partial charge in [0, 0.05) is 13.1 Å². The second-order valence-electron chi connectivity index (χ2n) is 2.34. The zero-order chi connectivity index (χ0) is 9.11. The van der Waals surface area contributed by atoms with Gasteiger partial charge in [-0.1, -0.05) is 6.92 Å². The summed E-state index contributed by atoms with van der Waals surface area (Å²) in [5.41, 5.74) is 0. The Bertz CT molecular complexity index is 82.2. The molecule has 0 atom stereocenters. The summed E-state index contributed by atoms with van der Waals surface area (Å²) in [6, 6.07) is 0. The van der Waals surface area contributed by atoms with E-state index in [1.807, 2.05) is 21.0 Å².